The summed E-state index contributed by atoms with van der Waals surface area (Å²) in [7, 11) is -5.39. The molecule has 0 aliphatic heterocycles. The third kappa shape index (κ3) is 32.1. The number of benzene rings is 1. The Balaban J connectivity index is -0.0000000701. The molecule has 0 saturated carbocycles. The van der Waals surface area contributed by atoms with Gasteiger partial charge in [0.15, 0.2) is 0 Å². The van der Waals surface area contributed by atoms with Crippen LogP contribution < -0.4 is 169 Å². The van der Waals surface area contributed by atoms with E-state index in [-0.39, 0.29) is 154 Å². The predicted molar refractivity (Wildman–Crippen MR) is 38.8 cm³/mol. The third-order valence-corrected chi connectivity index (χ3v) is 0.940. The monoisotopic (exact) mass is 304 g/mol. The Bertz CT molecular complexity index is 256. The van der Waals surface area contributed by atoms with Gasteiger partial charge in [0.1, 0.15) is 0 Å². The Morgan fingerprint density at radius 2 is 1.20 bits per heavy atom. The van der Waals surface area contributed by atoms with E-state index in [0.717, 1.165) is 0 Å². The maximum atomic E-state index is 8.55. The molecule has 0 radical (unpaired) electrons. The van der Waals surface area contributed by atoms with Crippen LogP contribution in [0.5, 0.6) is 0 Å². The fourth-order valence-electron chi connectivity index (χ4n) is 0.534. The largest absolute Gasteiger partial charge is 1.00 e. The molecule has 1 aromatic rings. The van der Waals surface area contributed by atoms with Gasteiger partial charge in [0, 0.05) is 0 Å². The van der Waals surface area contributed by atoms with Gasteiger partial charge in [-0.1, -0.05) is 35.9 Å². The van der Waals surface area contributed by atoms with E-state index in [1.165, 1.54) is 5.56 Å². The molecule has 0 unspecified atom stereocenters. The summed E-state index contributed by atoms with van der Waals surface area (Å²) in [5.41, 5.74) is 1.32. The van der Waals surface area contributed by atoms with Crippen molar-refractivity contribution < 1.29 is 173 Å². The summed E-state index contributed by atoms with van der Waals surface area (Å²) < 4.78 is 8.55. The van der Waals surface area contributed by atoms with Gasteiger partial charge in [-0.3, -0.25) is 0 Å². The normalized spacial score (nSPS) is 8.00. The minimum atomic E-state index is -5.39. The fourth-order valence-corrected chi connectivity index (χ4v) is 0.534. The van der Waals surface area contributed by atoms with Crippen LogP contribution in [0.25, 0.3) is 0 Å². The van der Waals surface area contributed by atoms with Crippen molar-refractivity contribution in [3.8, 4) is 0 Å². The van der Waals surface area contributed by atoms with E-state index in [1.807, 2.05) is 18.2 Å². The van der Waals surface area contributed by atoms with Crippen LogP contribution in [0.2, 0.25) is 0 Å². The molecule has 0 aliphatic carbocycles. The van der Waals surface area contributed by atoms with Crippen LogP contribution in [0, 0.1) is 6.92 Å². The van der Waals surface area contributed by atoms with E-state index in [2.05, 4.69) is 19.1 Å². The van der Waals surface area contributed by atoms with Crippen LogP contribution in [0.15, 0.2) is 30.3 Å². The molecule has 4 nitrogen and oxygen atoms in total. The molecule has 0 amide bonds. The van der Waals surface area contributed by atoms with Crippen LogP contribution in [-0.4, -0.2) is 0 Å². The Morgan fingerprint density at radius 1 is 0.933 bits per heavy atom. The molecule has 0 fully saturated rings. The van der Waals surface area contributed by atoms with Crippen LogP contribution in [-0.2, 0) is 4.57 Å². The van der Waals surface area contributed by atoms with Gasteiger partial charge in [0.05, 0.1) is 0 Å². The first-order valence-electron chi connectivity index (χ1n) is 3.14. The second-order valence-corrected chi connectivity index (χ2v) is 3.00. The van der Waals surface area contributed by atoms with Gasteiger partial charge >= 0.3 is 154 Å². The number of rotatable bonds is 0. The average Bonchev–Trinajstić information content (AvgIpc) is 1.85. The van der Waals surface area contributed by atoms with Crippen molar-refractivity contribution in [1.82, 2.24) is 0 Å². The van der Waals surface area contributed by atoms with E-state index >= 15 is 0 Å². The van der Waals surface area contributed by atoms with Crippen LogP contribution >= 0.6 is 7.82 Å². The minimum Gasteiger partial charge on any atom is -0.822 e. The van der Waals surface area contributed by atoms with Gasteiger partial charge < -0.3 is 19.2 Å². The second-order valence-electron chi connectivity index (χ2n) is 2.10. The molecule has 8 heteroatoms. The summed E-state index contributed by atoms with van der Waals surface area (Å²) >= 11 is 0. The fraction of sp³-hybridized carbons (Fsp3) is 0.143. The van der Waals surface area contributed by atoms with E-state index in [4.69, 9.17) is 19.2 Å². The first-order valence-corrected chi connectivity index (χ1v) is 4.60. The zero-order valence-corrected chi connectivity index (χ0v) is 19.7. The van der Waals surface area contributed by atoms with E-state index in [1.54, 1.807) is 0 Å². The Morgan fingerprint density at radius 3 is 1.33 bits per heavy atom. The smallest absolute Gasteiger partial charge is 0.822 e. The van der Waals surface area contributed by atoms with Crippen molar-refractivity contribution in [1.29, 1.82) is 0 Å². The third-order valence-electron chi connectivity index (χ3n) is 0.940. The van der Waals surface area contributed by atoms with Crippen molar-refractivity contribution in [2.45, 2.75) is 6.92 Å². The summed E-state index contributed by atoms with van der Waals surface area (Å²) in [5, 5.41) is 0. The summed E-state index contributed by atoms with van der Waals surface area (Å²) in [4.78, 5) is 25.6. The van der Waals surface area contributed by atoms with Gasteiger partial charge in [-0.05, 0) is 6.92 Å². The van der Waals surface area contributed by atoms with Gasteiger partial charge in [0.2, 0.25) is 0 Å². The van der Waals surface area contributed by atoms with Gasteiger partial charge in [-0.15, -0.1) is 0 Å². The molecule has 0 aliphatic rings. The number of hydrogen-bond acceptors (Lipinski definition) is 4. The average molecular weight is 304 g/mol. The zero-order valence-electron chi connectivity index (χ0n) is 9.47. The SMILES string of the molecule is Cc1ccccc1.O=P([O-])([O-])[O-].[K+].[K+].[K+]. The molecule has 0 saturated heterocycles. The molecular weight excluding hydrogens is 296 g/mol. The van der Waals surface area contributed by atoms with Crippen LogP contribution in [0.4, 0.5) is 0 Å². The molecule has 0 N–H and O–H groups in total. The Kier molecular flexibility index (Phi) is 29.9. The van der Waals surface area contributed by atoms with E-state index in [0.29, 0.717) is 0 Å². The summed E-state index contributed by atoms with van der Waals surface area (Å²) in [5.74, 6) is 0. The molecule has 15 heavy (non-hydrogen) atoms. The molecule has 1 rings (SSSR count). The van der Waals surface area contributed by atoms with Gasteiger partial charge in [0.25, 0.3) is 0 Å². The quantitative estimate of drug-likeness (QED) is 0.352. The van der Waals surface area contributed by atoms with Crippen molar-refractivity contribution in [3.05, 3.63) is 35.9 Å². The van der Waals surface area contributed by atoms with E-state index < -0.39 is 7.82 Å². The Hall–Kier alpha value is 4.24. The molecule has 0 aromatic heterocycles. The topological polar surface area (TPSA) is 86.2 Å². The van der Waals surface area contributed by atoms with Crippen molar-refractivity contribution in [2.24, 2.45) is 0 Å². The zero-order chi connectivity index (χ0) is 9.61. The summed E-state index contributed by atoms with van der Waals surface area (Å²) in [6.45, 7) is 2.08. The predicted octanol–water partition coefficient (Wildman–Crippen LogP) is -9.82. The standard InChI is InChI=1S/C7H8.3K.H3O4P/c1-7-5-3-2-4-6-7;;;;1-5(2,3)4/h2-6H,1H3;;;;(H3,1,2,3,4)/q;3*+1;/p-3. The molecular formula is C7H8K3O4P. The molecule has 0 atom stereocenters. The molecule has 0 bridgehead atoms. The van der Waals surface area contributed by atoms with E-state index in [9.17, 15) is 0 Å². The number of phosphoric acid groups is 1. The summed E-state index contributed by atoms with van der Waals surface area (Å²) in [6.07, 6.45) is 0. The maximum absolute atomic E-state index is 8.55. The van der Waals surface area contributed by atoms with Crippen molar-refractivity contribution >= 4 is 7.82 Å². The van der Waals surface area contributed by atoms with Crippen molar-refractivity contribution in [3.63, 3.8) is 0 Å². The molecule has 1 aromatic carbocycles. The van der Waals surface area contributed by atoms with Crippen LogP contribution in [0.3, 0.4) is 0 Å². The maximum Gasteiger partial charge on any atom is 1.00 e. The van der Waals surface area contributed by atoms with Gasteiger partial charge in [-0.2, -0.15) is 7.82 Å². The number of hydrogen-bond donors (Lipinski definition) is 0. The number of aryl methyl sites for hydroxylation is 1. The molecule has 68 valence electrons. The van der Waals surface area contributed by atoms with Crippen LogP contribution in [0.1, 0.15) is 5.56 Å². The van der Waals surface area contributed by atoms with Gasteiger partial charge in [-0.25, -0.2) is 0 Å². The van der Waals surface area contributed by atoms with Crippen molar-refractivity contribution in [2.75, 3.05) is 0 Å². The first-order chi connectivity index (χ1) is 5.39. The Labute approximate surface area is 218 Å². The summed E-state index contributed by atoms with van der Waals surface area (Å²) in [6, 6.07) is 10.3. The molecule has 0 heterocycles. The second kappa shape index (κ2) is 16.3. The minimum absolute atomic E-state index is 0. The molecule has 0 spiro atoms. The first kappa shape index (κ1) is 27.6.